The van der Waals surface area contributed by atoms with Crippen molar-refractivity contribution in [3.05, 3.63) is 84.1 Å². The topological polar surface area (TPSA) is 85.6 Å². The average molecular weight is 406 g/mol. The van der Waals surface area contributed by atoms with Crippen molar-refractivity contribution < 1.29 is 9.18 Å². The molecule has 0 aliphatic heterocycles. The molecule has 0 radical (unpaired) electrons. The molecule has 2 aromatic heterocycles. The number of hydrogen-bond donors (Lipinski definition) is 1. The second-order valence-electron chi connectivity index (χ2n) is 6.03. The highest BCUT2D eigenvalue weighted by atomic mass is 32.2. The molecule has 9 heteroatoms. The highest BCUT2D eigenvalue weighted by molar-refractivity contribution is 7.99. The molecule has 0 unspecified atom stereocenters. The van der Waals surface area contributed by atoms with Gasteiger partial charge < -0.3 is 5.32 Å². The molecule has 2 aromatic carbocycles. The summed E-state index contributed by atoms with van der Waals surface area (Å²) in [6, 6.07) is 17.3. The van der Waals surface area contributed by atoms with Crippen LogP contribution in [0.5, 0.6) is 0 Å². The number of anilines is 1. The second kappa shape index (κ2) is 8.19. The van der Waals surface area contributed by atoms with E-state index in [0.717, 1.165) is 4.90 Å². The Bertz CT molecular complexity index is 1160. The quantitative estimate of drug-likeness (QED) is 0.541. The van der Waals surface area contributed by atoms with Crippen molar-refractivity contribution in [1.82, 2.24) is 25.2 Å². The number of rotatable bonds is 5. The van der Waals surface area contributed by atoms with Crippen LogP contribution in [0.2, 0.25) is 0 Å². The zero-order valence-corrected chi connectivity index (χ0v) is 16.1. The molecule has 0 spiro atoms. The molecule has 0 saturated heterocycles. The summed E-state index contributed by atoms with van der Waals surface area (Å²) >= 11 is 1.40. The number of halogens is 1. The van der Waals surface area contributed by atoms with Crippen molar-refractivity contribution in [3.63, 3.8) is 0 Å². The van der Waals surface area contributed by atoms with E-state index in [1.807, 2.05) is 30.3 Å². The third kappa shape index (κ3) is 4.14. The van der Waals surface area contributed by atoms with Gasteiger partial charge in [-0.2, -0.15) is 4.68 Å². The molecule has 2 heterocycles. The summed E-state index contributed by atoms with van der Waals surface area (Å²) in [5.74, 6) is -0.413. The Morgan fingerprint density at radius 3 is 2.69 bits per heavy atom. The van der Waals surface area contributed by atoms with Crippen molar-refractivity contribution in [1.29, 1.82) is 0 Å². The Hall–Kier alpha value is -3.59. The molecule has 1 N–H and O–H groups in total. The number of pyridine rings is 1. The van der Waals surface area contributed by atoms with Crippen LogP contribution in [-0.2, 0) is 0 Å². The van der Waals surface area contributed by atoms with E-state index in [9.17, 15) is 9.18 Å². The second-order valence-corrected chi connectivity index (χ2v) is 7.09. The van der Waals surface area contributed by atoms with Crippen molar-refractivity contribution in [2.24, 2.45) is 0 Å². The maximum atomic E-state index is 14.2. The largest absolute Gasteiger partial charge is 0.322 e. The van der Waals surface area contributed by atoms with Gasteiger partial charge in [-0.3, -0.25) is 4.79 Å². The molecule has 29 heavy (non-hydrogen) atoms. The molecule has 144 valence electrons. The van der Waals surface area contributed by atoms with Crippen molar-refractivity contribution in [2.45, 2.75) is 16.8 Å². The van der Waals surface area contributed by atoms with E-state index in [1.54, 1.807) is 25.3 Å². The fourth-order valence-electron chi connectivity index (χ4n) is 2.65. The van der Waals surface area contributed by atoms with E-state index in [-0.39, 0.29) is 11.6 Å². The van der Waals surface area contributed by atoms with Gasteiger partial charge in [-0.15, -0.1) is 5.10 Å². The predicted molar refractivity (Wildman–Crippen MR) is 107 cm³/mol. The summed E-state index contributed by atoms with van der Waals surface area (Å²) in [4.78, 5) is 18.2. The Labute approximate surface area is 170 Å². The number of amides is 1. The van der Waals surface area contributed by atoms with Crippen molar-refractivity contribution in [2.75, 3.05) is 5.32 Å². The summed E-state index contributed by atoms with van der Waals surface area (Å²) in [6.45, 7) is 1.66. The van der Waals surface area contributed by atoms with E-state index < -0.39 is 5.82 Å². The van der Waals surface area contributed by atoms with Gasteiger partial charge in [-0.25, -0.2) is 9.37 Å². The summed E-state index contributed by atoms with van der Waals surface area (Å²) < 4.78 is 15.5. The molecule has 0 saturated carbocycles. The van der Waals surface area contributed by atoms with Crippen LogP contribution in [0, 0.1) is 12.7 Å². The number of aromatic nitrogens is 5. The predicted octanol–water partition coefficient (Wildman–Crippen LogP) is 3.91. The number of benzene rings is 2. The highest BCUT2D eigenvalue weighted by Gasteiger charge is 2.16. The van der Waals surface area contributed by atoms with Crippen LogP contribution in [0.1, 0.15) is 16.2 Å². The van der Waals surface area contributed by atoms with Crippen LogP contribution >= 0.6 is 11.8 Å². The van der Waals surface area contributed by atoms with Gasteiger partial charge in [0.1, 0.15) is 16.5 Å². The third-order valence-electron chi connectivity index (χ3n) is 4.03. The van der Waals surface area contributed by atoms with Gasteiger partial charge >= 0.3 is 0 Å². The lowest BCUT2D eigenvalue weighted by Gasteiger charge is -2.11. The fourth-order valence-corrected chi connectivity index (χ4v) is 3.55. The summed E-state index contributed by atoms with van der Waals surface area (Å²) in [5, 5.41) is 14.4. The lowest BCUT2D eigenvalue weighted by molar-refractivity contribution is 0.102. The van der Waals surface area contributed by atoms with Gasteiger partial charge in [0.05, 0.1) is 5.56 Å². The number of carbonyl (C=O) groups is 1. The lowest BCUT2D eigenvalue weighted by Crippen LogP contribution is -2.14. The van der Waals surface area contributed by atoms with E-state index in [4.69, 9.17) is 0 Å². The smallest absolute Gasteiger partial charge is 0.258 e. The monoisotopic (exact) mass is 406 g/mol. The zero-order chi connectivity index (χ0) is 20.2. The van der Waals surface area contributed by atoms with Gasteiger partial charge in [0.15, 0.2) is 5.82 Å². The molecule has 7 nitrogen and oxygen atoms in total. The van der Waals surface area contributed by atoms with Crippen LogP contribution < -0.4 is 5.32 Å². The summed E-state index contributed by atoms with van der Waals surface area (Å²) in [6.07, 6.45) is 1.64. The number of nitrogens with zero attached hydrogens (tertiary/aromatic N) is 5. The van der Waals surface area contributed by atoms with E-state index in [2.05, 4.69) is 25.8 Å². The van der Waals surface area contributed by atoms with Gasteiger partial charge in [-0.05, 0) is 59.8 Å². The summed E-state index contributed by atoms with van der Waals surface area (Å²) in [7, 11) is 0. The van der Waals surface area contributed by atoms with Gasteiger partial charge in [0, 0.05) is 16.8 Å². The van der Waals surface area contributed by atoms with Gasteiger partial charge in [0.25, 0.3) is 5.91 Å². The van der Waals surface area contributed by atoms with Crippen molar-refractivity contribution >= 4 is 23.4 Å². The van der Waals surface area contributed by atoms with Gasteiger partial charge in [0.2, 0.25) is 0 Å². The molecule has 4 aromatic rings. The Morgan fingerprint density at radius 2 is 1.93 bits per heavy atom. The number of hydrogen-bond acceptors (Lipinski definition) is 6. The molecule has 0 atom stereocenters. The van der Waals surface area contributed by atoms with Crippen LogP contribution in [0.4, 0.5) is 10.1 Å². The zero-order valence-electron chi connectivity index (χ0n) is 15.3. The Balaban J connectivity index is 1.60. The fraction of sp³-hybridized carbons (Fsp3) is 0.0500. The molecule has 1 amide bonds. The lowest BCUT2D eigenvalue weighted by atomic mass is 10.2. The first-order valence-electron chi connectivity index (χ1n) is 8.66. The first-order valence-corrected chi connectivity index (χ1v) is 9.47. The Morgan fingerprint density at radius 1 is 1.10 bits per heavy atom. The number of carbonyl (C=O) groups excluding carboxylic acids is 1. The molecule has 0 fully saturated rings. The molecular formula is C20H15FN6OS. The average Bonchev–Trinajstić information content (AvgIpc) is 3.16. The first-order chi connectivity index (χ1) is 14.1. The number of nitrogens with one attached hydrogen (secondary N) is 1. The molecule has 0 bridgehead atoms. The SMILES string of the molecule is Cc1nnnn1-c1cc(NC(=O)c2cccnc2Sc2ccccc2)ccc1F. The van der Waals surface area contributed by atoms with Crippen LogP contribution in [0.3, 0.4) is 0 Å². The normalized spacial score (nSPS) is 10.7. The third-order valence-corrected chi connectivity index (χ3v) is 5.06. The van der Waals surface area contributed by atoms with Crippen LogP contribution in [-0.4, -0.2) is 31.1 Å². The highest BCUT2D eigenvalue weighted by Crippen LogP contribution is 2.29. The van der Waals surface area contributed by atoms with E-state index in [1.165, 1.54) is 34.6 Å². The van der Waals surface area contributed by atoms with E-state index in [0.29, 0.717) is 22.1 Å². The molecule has 0 aliphatic carbocycles. The minimum absolute atomic E-state index is 0.148. The first kappa shape index (κ1) is 18.8. The van der Waals surface area contributed by atoms with Crippen LogP contribution in [0.15, 0.2) is 76.8 Å². The molecular weight excluding hydrogens is 391 g/mol. The number of tetrazole rings is 1. The Kier molecular flexibility index (Phi) is 5.30. The minimum atomic E-state index is -0.500. The number of aryl methyl sites for hydroxylation is 1. The standard InChI is InChI=1S/C20H15FN6OS/c1-13-24-25-26-27(13)18-12-14(9-10-17(18)21)23-19(28)16-8-5-11-22-20(16)29-15-6-3-2-4-7-15/h2-12H,1H3,(H,23,28). The minimum Gasteiger partial charge on any atom is -0.322 e. The van der Waals surface area contributed by atoms with Crippen LogP contribution in [0.25, 0.3) is 5.69 Å². The molecule has 4 rings (SSSR count). The van der Waals surface area contributed by atoms with Crippen molar-refractivity contribution in [3.8, 4) is 5.69 Å². The molecule has 0 aliphatic rings. The maximum absolute atomic E-state index is 14.2. The maximum Gasteiger partial charge on any atom is 0.258 e. The van der Waals surface area contributed by atoms with E-state index >= 15 is 0 Å². The summed E-state index contributed by atoms with van der Waals surface area (Å²) in [5.41, 5.74) is 0.988. The van der Waals surface area contributed by atoms with Gasteiger partial charge in [-0.1, -0.05) is 30.0 Å².